The number of aromatic nitrogens is 6. The highest BCUT2D eigenvalue weighted by atomic mass is 15.2. The number of nitrogens with one attached hydrogen (secondary N) is 2. The van der Waals surface area contributed by atoms with Crippen LogP contribution in [-0.2, 0) is 13.6 Å². The highest BCUT2D eigenvalue weighted by Gasteiger charge is 2.06. The number of hydrogen-bond donors (Lipinski definition) is 2. The first-order valence-corrected chi connectivity index (χ1v) is 7.25. The monoisotopic (exact) mass is 305 g/mol. The van der Waals surface area contributed by atoms with Crippen molar-refractivity contribution in [1.29, 1.82) is 0 Å². The van der Waals surface area contributed by atoms with Gasteiger partial charge in [0.2, 0.25) is 0 Å². The number of hydrogen-bond acceptors (Lipinski definition) is 5. The smallest absolute Gasteiger partial charge is 0.182 e. The number of aryl methyl sites for hydroxylation is 1. The van der Waals surface area contributed by atoms with Gasteiger partial charge in [-0.25, -0.2) is 15.0 Å². The van der Waals surface area contributed by atoms with Gasteiger partial charge >= 0.3 is 0 Å². The highest BCUT2D eigenvalue weighted by molar-refractivity contribution is 5.81. The molecule has 0 saturated carbocycles. The van der Waals surface area contributed by atoms with Gasteiger partial charge in [-0.15, -0.1) is 0 Å². The Bertz CT molecular complexity index is 954. The number of benzene rings is 1. The second-order valence-corrected chi connectivity index (χ2v) is 5.28. The van der Waals surface area contributed by atoms with E-state index >= 15 is 0 Å². The van der Waals surface area contributed by atoms with Crippen LogP contribution >= 0.6 is 0 Å². The van der Waals surface area contributed by atoms with Crippen molar-refractivity contribution >= 4 is 17.0 Å². The van der Waals surface area contributed by atoms with Gasteiger partial charge in [0, 0.05) is 25.4 Å². The average Bonchev–Trinajstić information content (AvgIpc) is 3.22. The molecule has 7 heteroatoms. The minimum absolute atomic E-state index is 0.659. The lowest BCUT2D eigenvalue weighted by molar-refractivity contribution is 0.768. The third-order valence-corrected chi connectivity index (χ3v) is 3.65. The van der Waals surface area contributed by atoms with Crippen molar-refractivity contribution in [3.05, 3.63) is 54.9 Å². The van der Waals surface area contributed by atoms with E-state index in [0.717, 1.165) is 28.0 Å². The van der Waals surface area contributed by atoms with Crippen LogP contribution in [0, 0.1) is 0 Å². The molecule has 0 fully saturated rings. The number of aromatic amines is 1. The molecule has 23 heavy (non-hydrogen) atoms. The van der Waals surface area contributed by atoms with E-state index < -0.39 is 0 Å². The summed E-state index contributed by atoms with van der Waals surface area (Å²) in [4.78, 5) is 15.6. The van der Waals surface area contributed by atoms with Crippen LogP contribution in [0.1, 0.15) is 5.56 Å². The molecular weight excluding hydrogens is 290 g/mol. The first-order chi connectivity index (χ1) is 11.3. The van der Waals surface area contributed by atoms with E-state index in [-0.39, 0.29) is 0 Å². The Kier molecular flexibility index (Phi) is 3.23. The summed E-state index contributed by atoms with van der Waals surface area (Å²) in [5, 5.41) is 7.55. The minimum atomic E-state index is 0.659. The van der Waals surface area contributed by atoms with Crippen LogP contribution in [0.3, 0.4) is 0 Å². The van der Waals surface area contributed by atoms with Crippen LogP contribution in [0.15, 0.2) is 49.3 Å². The predicted molar refractivity (Wildman–Crippen MR) is 87.7 cm³/mol. The largest absolute Gasteiger partial charge is 0.364 e. The minimum Gasteiger partial charge on any atom is -0.364 e. The molecule has 0 saturated heterocycles. The Morgan fingerprint density at radius 3 is 3.00 bits per heavy atom. The molecule has 0 aliphatic heterocycles. The van der Waals surface area contributed by atoms with E-state index in [0.29, 0.717) is 12.2 Å². The molecule has 0 aliphatic rings. The predicted octanol–water partition coefficient (Wildman–Crippen LogP) is 2.37. The summed E-state index contributed by atoms with van der Waals surface area (Å²) in [7, 11) is 1.92. The summed E-state index contributed by atoms with van der Waals surface area (Å²) in [6.07, 6.45) is 7.00. The lowest BCUT2D eigenvalue weighted by Gasteiger charge is -2.07. The lowest BCUT2D eigenvalue weighted by Crippen LogP contribution is -2.02. The molecule has 4 rings (SSSR count). The molecule has 1 aromatic carbocycles. The van der Waals surface area contributed by atoms with E-state index in [1.54, 1.807) is 11.0 Å². The fourth-order valence-electron chi connectivity index (χ4n) is 2.52. The zero-order valence-electron chi connectivity index (χ0n) is 12.6. The van der Waals surface area contributed by atoms with Gasteiger partial charge in [0.25, 0.3) is 0 Å². The van der Waals surface area contributed by atoms with Crippen LogP contribution < -0.4 is 5.32 Å². The van der Waals surface area contributed by atoms with Crippen molar-refractivity contribution in [3.63, 3.8) is 0 Å². The first kappa shape index (κ1) is 13.4. The molecular formula is C16H15N7. The summed E-state index contributed by atoms with van der Waals surface area (Å²) in [6, 6.07) is 8.36. The summed E-state index contributed by atoms with van der Waals surface area (Å²) >= 11 is 0. The number of fused-ring (bicyclic) bond motifs is 1. The third-order valence-electron chi connectivity index (χ3n) is 3.65. The number of rotatable bonds is 4. The van der Waals surface area contributed by atoms with Crippen molar-refractivity contribution < 1.29 is 0 Å². The maximum absolute atomic E-state index is 4.27. The first-order valence-electron chi connectivity index (χ1n) is 7.25. The van der Waals surface area contributed by atoms with Gasteiger partial charge in [0.05, 0.1) is 12.5 Å². The molecule has 0 amide bonds. The third kappa shape index (κ3) is 2.64. The summed E-state index contributed by atoms with van der Waals surface area (Å²) in [5.41, 5.74) is 4.89. The molecule has 7 nitrogen and oxygen atoms in total. The zero-order chi connectivity index (χ0) is 15.6. The standard InChI is InChI=1S/C16H15N7/c1-23-8-13(7-22-23)12-4-2-3-11(5-12)6-17-15-14-16(19-9-18-14)21-10-20-15/h2-5,7-10H,6H2,1H3,(H2,17,18,19,20,21). The number of H-pyrrole nitrogens is 1. The molecule has 4 aromatic rings. The lowest BCUT2D eigenvalue weighted by atomic mass is 10.1. The summed E-state index contributed by atoms with van der Waals surface area (Å²) < 4.78 is 1.80. The van der Waals surface area contributed by atoms with Crippen LogP contribution in [-0.4, -0.2) is 29.7 Å². The van der Waals surface area contributed by atoms with Crippen LogP contribution in [0.5, 0.6) is 0 Å². The highest BCUT2D eigenvalue weighted by Crippen LogP contribution is 2.21. The molecule has 3 aromatic heterocycles. The fourth-order valence-corrected chi connectivity index (χ4v) is 2.52. The molecule has 0 aliphatic carbocycles. The quantitative estimate of drug-likeness (QED) is 0.604. The molecule has 0 bridgehead atoms. The maximum atomic E-state index is 4.27. The SMILES string of the molecule is Cn1cc(-c2cccc(CNc3ncnc4nc[nH]c34)c2)cn1. The Morgan fingerprint density at radius 1 is 1.17 bits per heavy atom. The van der Waals surface area contributed by atoms with Crippen LogP contribution in [0.4, 0.5) is 5.82 Å². The van der Waals surface area contributed by atoms with E-state index in [4.69, 9.17) is 0 Å². The van der Waals surface area contributed by atoms with Crippen molar-refractivity contribution in [2.75, 3.05) is 5.32 Å². The van der Waals surface area contributed by atoms with Gasteiger partial charge in [0.1, 0.15) is 11.8 Å². The van der Waals surface area contributed by atoms with Crippen molar-refractivity contribution in [2.45, 2.75) is 6.54 Å². The average molecular weight is 305 g/mol. The topological polar surface area (TPSA) is 84.3 Å². The molecule has 2 N–H and O–H groups in total. The van der Waals surface area contributed by atoms with E-state index in [1.165, 1.54) is 6.33 Å². The fraction of sp³-hybridized carbons (Fsp3) is 0.125. The molecule has 0 radical (unpaired) electrons. The zero-order valence-corrected chi connectivity index (χ0v) is 12.6. The van der Waals surface area contributed by atoms with Gasteiger partial charge in [-0.1, -0.05) is 18.2 Å². The van der Waals surface area contributed by atoms with Gasteiger partial charge in [-0.2, -0.15) is 5.10 Å². The van der Waals surface area contributed by atoms with E-state index in [1.807, 2.05) is 25.5 Å². The summed E-state index contributed by atoms with van der Waals surface area (Å²) in [6.45, 7) is 0.666. The van der Waals surface area contributed by atoms with Crippen molar-refractivity contribution in [1.82, 2.24) is 29.7 Å². The number of imidazole rings is 1. The van der Waals surface area contributed by atoms with Crippen molar-refractivity contribution in [2.24, 2.45) is 7.05 Å². The second kappa shape index (κ2) is 5.53. The van der Waals surface area contributed by atoms with Gasteiger partial charge in [0.15, 0.2) is 11.5 Å². The van der Waals surface area contributed by atoms with Gasteiger partial charge < -0.3 is 10.3 Å². The Balaban J connectivity index is 1.56. The molecule has 0 spiro atoms. The van der Waals surface area contributed by atoms with Crippen LogP contribution in [0.2, 0.25) is 0 Å². The summed E-state index contributed by atoms with van der Waals surface area (Å²) in [5.74, 6) is 0.749. The van der Waals surface area contributed by atoms with Crippen molar-refractivity contribution in [3.8, 4) is 11.1 Å². The van der Waals surface area contributed by atoms with Gasteiger partial charge in [-0.3, -0.25) is 4.68 Å². The van der Waals surface area contributed by atoms with Crippen LogP contribution in [0.25, 0.3) is 22.3 Å². The van der Waals surface area contributed by atoms with E-state index in [2.05, 4.69) is 48.6 Å². The Morgan fingerprint density at radius 2 is 2.13 bits per heavy atom. The Labute approximate surface area is 132 Å². The Hall–Kier alpha value is -3.22. The van der Waals surface area contributed by atoms with E-state index in [9.17, 15) is 0 Å². The number of anilines is 1. The normalized spacial score (nSPS) is 11.0. The van der Waals surface area contributed by atoms with Gasteiger partial charge in [-0.05, 0) is 17.2 Å². The molecule has 3 heterocycles. The maximum Gasteiger partial charge on any atom is 0.182 e. The molecule has 0 atom stereocenters. The molecule has 0 unspecified atom stereocenters. The number of nitrogens with zero attached hydrogens (tertiary/aromatic N) is 5. The molecule has 114 valence electrons. The second-order valence-electron chi connectivity index (χ2n) is 5.28.